The number of carbonyl (C=O) groups is 1. The largest absolute Gasteiger partial charge is 0.361 e. The molecule has 3 rings (SSSR count). The second-order valence-electron chi connectivity index (χ2n) is 6.11. The van der Waals surface area contributed by atoms with Crippen molar-refractivity contribution in [1.29, 1.82) is 0 Å². The van der Waals surface area contributed by atoms with E-state index in [0.29, 0.717) is 17.1 Å². The molecular weight excluding hydrogens is 366 g/mol. The van der Waals surface area contributed by atoms with Crippen LogP contribution in [0.15, 0.2) is 64.0 Å². The first-order valence-electron chi connectivity index (χ1n) is 8.23. The number of sulfonamides is 1. The summed E-state index contributed by atoms with van der Waals surface area (Å²) < 4.78 is 32.6. The average molecular weight is 385 g/mol. The fraction of sp³-hybridized carbons (Fsp3) is 0.158. The average Bonchev–Trinajstić information content (AvgIpc) is 3.07. The smallest absolute Gasteiger partial charge is 0.261 e. The van der Waals surface area contributed by atoms with Crippen LogP contribution in [-0.2, 0) is 16.6 Å². The number of nitrogens with zero attached hydrogens (tertiary/aromatic N) is 1. The highest BCUT2D eigenvalue weighted by atomic mass is 32.2. The highest BCUT2D eigenvalue weighted by Gasteiger charge is 2.16. The molecule has 0 atom stereocenters. The minimum Gasteiger partial charge on any atom is -0.361 e. The van der Waals surface area contributed by atoms with Crippen LogP contribution in [0.4, 0.5) is 5.69 Å². The Bertz CT molecular complexity index is 1060. The molecule has 140 valence electrons. The van der Waals surface area contributed by atoms with E-state index in [0.717, 1.165) is 5.56 Å². The number of benzene rings is 2. The van der Waals surface area contributed by atoms with Crippen molar-refractivity contribution < 1.29 is 17.7 Å². The lowest BCUT2D eigenvalue weighted by Crippen LogP contribution is -2.23. The molecule has 3 aromatic rings. The highest BCUT2D eigenvalue weighted by molar-refractivity contribution is 7.92. The topological polar surface area (TPSA) is 101 Å². The third-order valence-electron chi connectivity index (χ3n) is 3.82. The van der Waals surface area contributed by atoms with Crippen LogP contribution in [0, 0.1) is 13.8 Å². The maximum atomic E-state index is 12.6. The lowest BCUT2D eigenvalue weighted by Gasteiger charge is -2.10. The minimum atomic E-state index is -3.80. The van der Waals surface area contributed by atoms with Gasteiger partial charge in [-0.05, 0) is 44.2 Å². The summed E-state index contributed by atoms with van der Waals surface area (Å²) in [4.78, 5) is 12.3. The van der Waals surface area contributed by atoms with Gasteiger partial charge in [-0.15, -0.1) is 0 Å². The fourth-order valence-corrected chi connectivity index (χ4v) is 3.52. The Labute approximate surface area is 157 Å². The monoisotopic (exact) mass is 385 g/mol. The van der Waals surface area contributed by atoms with Gasteiger partial charge in [0.1, 0.15) is 11.5 Å². The van der Waals surface area contributed by atoms with Crippen LogP contribution in [0.1, 0.15) is 27.4 Å². The van der Waals surface area contributed by atoms with Crippen molar-refractivity contribution >= 4 is 21.6 Å². The van der Waals surface area contributed by atoms with Gasteiger partial charge >= 0.3 is 0 Å². The summed E-state index contributed by atoms with van der Waals surface area (Å²) in [6.45, 7) is 3.86. The molecule has 0 spiro atoms. The summed E-state index contributed by atoms with van der Waals surface area (Å²) in [5, 5.41) is 6.48. The summed E-state index contributed by atoms with van der Waals surface area (Å²) in [5.74, 6) is 0.248. The molecule has 2 N–H and O–H groups in total. The quantitative estimate of drug-likeness (QED) is 0.679. The number of aromatic nitrogens is 1. The zero-order valence-electron chi connectivity index (χ0n) is 14.9. The minimum absolute atomic E-state index is 0.00741. The van der Waals surface area contributed by atoms with E-state index in [1.54, 1.807) is 31.2 Å². The van der Waals surface area contributed by atoms with Crippen molar-refractivity contribution in [3.05, 3.63) is 77.2 Å². The van der Waals surface area contributed by atoms with Crippen LogP contribution >= 0.6 is 0 Å². The van der Waals surface area contributed by atoms with Gasteiger partial charge in [-0.3, -0.25) is 9.52 Å². The lowest BCUT2D eigenvalue weighted by molar-refractivity contribution is 0.0950. The van der Waals surface area contributed by atoms with Gasteiger partial charge < -0.3 is 9.84 Å². The number of hydrogen-bond acceptors (Lipinski definition) is 5. The molecule has 1 amide bonds. The Morgan fingerprint density at radius 3 is 2.48 bits per heavy atom. The number of carbonyl (C=O) groups excluding carboxylic acids is 1. The number of hydrogen-bond donors (Lipinski definition) is 2. The van der Waals surface area contributed by atoms with Gasteiger partial charge in [-0.25, -0.2) is 8.42 Å². The molecule has 0 aliphatic rings. The Hall–Kier alpha value is -3.13. The molecule has 0 saturated carbocycles. The van der Waals surface area contributed by atoms with Crippen molar-refractivity contribution in [1.82, 2.24) is 10.5 Å². The molecule has 0 fully saturated rings. The van der Waals surface area contributed by atoms with E-state index in [1.807, 2.05) is 19.1 Å². The Morgan fingerprint density at radius 2 is 1.81 bits per heavy atom. The molecule has 8 heteroatoms. The predicted molar refractivity (Wildman–Crippen MR) is 101 cm³/mol. The van der Waals surface area contributed by atoms with Gasteiger partial charge in [-0.2, -0.15) is 0 Å². The Kier molecular flexibility index (Phi) is 5.27. The van der Waals surface area contributed by atoms with Crippen molar-refractivity contribution in [2.75, 3.05) is 4.72 Å². The molecule has 0 bridgehead atoms. The molecule has 27 heavy (non-hydrogen) atoms. The van der Waals surface area contributed by atoms with Gasteiger partial charge in [0, 0.05) is 17.3 Å². The molecule has 1 aromatic heterocycles. The third-order valence-corrected chi connectivity index (χ3v) is 5.20. The molecule has 0 unspecified atom stereocenters. The number of aryl methyl sites for hydroxylation is 2. The van der Waals surface area contributed by atoms with Gasteiger partial charge in [-0.1, -0.05) is 28.9 Å². The van der Waals surface area contributed by atoms with Crippen LogP contribution < -0.4 is 10.0 Å². The van der Waals surface area contributed by atoms with Crippen LogP contribution in [0.5, 0.6) is 0 Å². The first-order valence-corrected chi connectivity index (χ1v) is 9.72. The summed E-state index contributed by atoms with van der Waals surface area (Å²) in [5.41, 5.74) is 2.31. The SMILES string of the molecule is Cc1ccc(NS(=O)(=O)c2cccc(C(=O)NCc3cc(C)on3)c2)cc1. The zero-order chi connectivity index (χ0) is 19.4. The standard InChI is InChI=1S/C19H19N3O4S/c1-13-6-8-16(9-7-13)22-27(24,25)18-5-3-4-15(11-18)19(23)20-12-17-10-14(2)26-21-17/h3-11,22H,12H2,1-2H3,(H,20,23). The molecule has 0 aliphatic heterocycles. The van der Waals surface area contributed by atoms with E-state index < -0.39 is 15.9 Å². The van der Waals surface area contributed by atoms with Gasteiger partial charge in [0.15, 0.2) is 0 Å². The molecule has 7 nitrogen and oxygen atoms in total. The number of amides is 1. The van der Waals surface area contributed by atoms with E-state index in [2.05, 4.69) is 15.2 Å². The molecule has 2 aromatic carbocycles. The normalized spacial score (nSPS) is 11.2. The molecule has 1 heterocycles. The zero-order valence-corrected chi connectivity index (χ0v) is 15.7. The number of rotatable bonds is 6. The second-order valence-corrected chi connectivity index (χ2v) is 7.79. The summed E-state index contributed by atoms with van der Waals surface area (Å²) in [7, 11) is -3.80. The summed E-state index contributed by atoms with van der Waals surface area (Å²) >= 11 is 0. The van der Waals surface area contributed by atoms with E-state index in [1.165, 1.54) is 18.2 Å². The van der Waals surface area contributed by atoms with Gasteiger partial charge in [0.25, 0.3) is 15.9 Å². The van der Waals surface area contributed by atoms with Crippen LogP contribution in [0.25, 0.3) is 0 Å². The molecule has 0 aliphatic carbocycles. The third kappa shape index (κ3) is 4.73. The number of anilines is 1. The van der Waals surface area contributed by atoms with E-state index in [4.69, 9.17) is 4.52 Å². The van der Waals surface area contributed by atoms with Crippen molar-refractivity contribution in [3.63, 3.8) is 0 Å². The first-order chi connectivity index (χ1) is 12.8. The lowest BCUT2D eigenvalue weighted by atomic mass is 10.2. The highest BCUT2D eigenvalue weighted by Crippen LogP contribution is 2.18. The summed E-state index contributed by atoms with van der Waals surface area (Å²) in [6.07, 6.45) is 0. The molecular formula is C19H19N3O4S. The van der Waals surface area contributed by atoms with Crippen LogP contribution in [0.3, 0.4) is 0 Å². The second kappa shape index (κ2) is 7.63. The number of nitrogens with one attached hydrogen (secondary N) is 2. The van der Waals surface area contributed by atoms with E-state index in [-0.39, 0.29) is 17.0 Å². The predicted octanol–water partition coefficient (Wildman–Crippen LogP) is 3.02. The van der Waals surface area contributed by atoms with E-state index >= 15 is 0 Å². The molecule has 0 radical (unpaired) electrons. The summed E-state index contributed by atoms with van der Waals surface area (Å²) in [6, 6.07) is 14.6. The maximum Gasteiger partial charge on any atom is 0.261 e. The van der Waals surface area contributed by atoms with Crippen LogP contribution in [0.2, 0.25) is 0 Å². The van der Waals surface area contributed by atoms with Gasteiger partial charge in [0.05, 0.1) is 11.4 Å². The van der Waals surface area contributed by atoms with E-state index in [9.17, 15) is 13.2 Å². The van der Waals surface area contributed by atoms with Gasteiger partial charge in [0.2, 0.25) is 0 Å². The first kappa shape index (κ1) is 18.7. The van der Waals surface area contributed by atoms with Crippen molar-refractivity contribution in [2.45, 2.75) is 25.3 Å². The van der Waals surface area contributed by atoms with Crippen molar-refractivity contribution in [2.24, 2.45) is 0 Å². The fourth-order valence-electron chi connectivity index (χ4n) is 2.41. The van der Waals surface area contributed by atoms with Crippen LogP contribution in [-0.4, -0.2) is 19.5 Å². The maximum absolute atomic E-state index is 12.6. The Balaban J connectivity index is 1.73. The Morgan fingerprint density at radius 1 is 1.07 bits per heavy atom. The van der Waals surface area contributed by atoms with Crippen molar-refractivity contribution in [3.8, 4) is 0 Å². The molecule has 0 saturated heterocycles.